The van der Waals surface area contributed by atoms with Gasteiger partial charge in [-0.05, 0) is 37.6 Å². The van der Waals surface area contributed by atoms with Crippen molar-refractivity contribution in [3.05, 3.63) is 36.0 Å². The number of nitrogens with two attached hydrogens (primary N) is 1. The molecule has 2 aromatic rings. The first-order valence-electron chi connectivity index (χ1n) is 6.19. The Kier molecular flexibility index (Phi) is 4.18. The van der Waals surface area contributed by atoms with Crippen LogP contribution in [-0.2, 0) is 0 Å². The molecule has 19 heavy (non-hydrogen) atoms. The SMILES string of the molecule is CCCOc1ccc(Oc2cc(C)nc(N)n2)cc1. The van der Waals surface area contributed by atoms with Crippen LogP contribution in [0.4, 0.5) is 5.95 Å². The van der Waals surface area contributed by atoms with Gasteiger partial charge in [-0.3, -0.25) is 0 Å². The second-order valence-corrected chi connectivity index (χ2v) is 4.13. The highest BCUT2D eigenvalue weighted by molar-refractivity contribution is 5.35. The zero-order valence-electron chi connectivity index (χ0n) is 11.1. The Balaban J connectivity index is 2.06. The van der Waals surface area contributed by atoms with Crippen molar-refractivity contribution < 1.29 is 9.47 Å². The topological polar surface area (TPSA) is 70.3 Å². The fourth-order valence-corrected chi connectivity index (χ4v) is 1.56. The van der Waals surface area contributed by atoms with Gasteiger partial charge in [-0.2, -0.15) is 4.98 Å². The van der Waals surface area contributed by atoms with Crippen LogP contribution in [0.1, 0.15) is 19.0 Å². The van der Waals surface area contributed by atoms with E-state index in [-0.39, 0.29) is 5.95 Å². The molecule has 2 N–H and O–H groups in total. The second-order valence-electron chi connectivity index (χ2n) is 4.13. The summed E-state index contributed by atoms with van der Waals surface area (Å²) in [7, 11) is 0. The molecular weight excluding hydrogens is 242 g/mol. The smallest absolute Gasteiger partial charge is 0.224 e. The molecule has 1 heterocycles. The molecule has 100 valence electrons. The molecule has 5 heteroatoms. The van der Waals surface area contributed by atoms with Gasteiger partial charge in [-0.25, -0.2) is 4.98 Å². The number of anilines is 1. The van der Waals surface area contributed by atoms with Gasteiger partial charge in [0, 0.05) is 11.8 Å². The highest BCUT2D eigenvalue weighted by Crippen LogP contribution is 2.23. The fraction of sp³-hybridized carbons (Fsp3) is 0.286. The number of hydrogen-bond donors (Lipinski definition) is 1. The third-order valence-corrected chi connectivity index (χ3v) is 2.37. The molecule has 0 unspecified atom stereocenters. The van der Waals surface area contributed by atoms with Gasteiger partial charge in [-0.15, -0.1) is 0 Å². The number of aromatic nitrogens is 2. The third-order valence-electron chi connectivity index (χ3n) is 2.37. The molecule has 0 aliphatic rings. The molecule has 0 amide bonds. The number of benzene rings is 1. The molecule has 1 aromatic heterocycles. The molecule has 0 aliphatic carbocycles. The minimum atomic E-state index is 0.206. The van der Waals surface area contributed by atoms with Crippen LogP contribution in [0.15, 0.2) is 30.3 Å². The molecule has 0 bridgehead atoms. The summed E-state index contributed by atoms with van der Waals surface area (Å²) in [6.45, 7) is 4.62. The largest absolute Gasteiger partial charge is 0.494 e. The number of nitrogens with zero attached hydrogens (tertiary/aromatic N) is 2. The van der Waals surface area contributed by atoms with Gasteiger partial charge < -0.3 is 15.2 Å². The summed E-state index contributed by atoms with van der Waals surface area (Å²) in [4.78, 5) is 8.00. The summed E-state index contributed by atoms with van der Waals surface area (Å²) < 4.78 is 11.1. The van der Waals surface area contributed by atoms with Crippen molar-refractivity contribution in [3.8, 4) is 17.4 Å². The molecule has 0 saturated carbocycles. The standard InChI is InChI=1S/C14H17N3O2/c1-3-8-18-11-4-6-12(7-5-11)19-13-9-10(2)16-14(15)17-13/h4-7,9H,3,8H2,1-2H3,(H2,15,16,17). The molecule has 5 nitrogen and oxygen atoms in total. The lowest BCUT2D eigenvalue weighted by Gasteiger charge is -2.08. The van der Waals surface area contributed by atoms with Crippen molar-refractivity contribution in [2.75, 3.05) is 12.3 Å². The second kappa shape index (κ2) is 6.04. The van der Waals surface area contributed by atoms with Crippen LogP contribution in [0.5, 0.6) is 17.4 Å². The highest BCUT2D eigenvalue weighted by Gasteiger charge is 2.02. The minimum Gasteiger partial charge on any atom is -0.494 e. The Morgan fingerprint density at radius 3 is 2.42 bits per heavy atom. The van der Waals surface area contributed by atoms with Gasteiger partial charge in [0.05, 0.1) is 6.61 Å². The van der Waals surface area contributed by atoms with Gasteiger partial charge in [0.2, 0.25) is 11.8 Å². The van der Waals surface area contributed by atoms with E-state index in [4.69, 9.17) is 15.2 Å². The Labute approximate surface area is 112 Å². The Hall–Kier alpha value is -2.30. The quantitative estimate of drug-likeness (QED) is 0.893. The van der Waals surface area contributed by atoms with Gasteiger partial charge in [-0.1, -0.05) is 6.92 Å². The zero-order valence-corrected chi connectivity index (χ0v) is 11.1. The zero-order chi connectivity index (χ0) is 13.7. The van der Waals surface area contributed by atoms with E-state index in [0.29, 0.717) is 18.2 Å². The molecule has 0 spiro atoms. The highest BCUT2D eigenvalue weighted by atomic mass is 16.5. The maximum absolute atomic E-state index is 5.61. The van der Waals surface area contributed by atoms with Crippen LogP contribution in [-0.4, -0.2) is 16.6 Å². The molecule has 0 atom stereocenters. The maximum atomic E-state index is 5.61. The molecular formula is C14H17N3O2. The van der Waals surface area contributed by atoms with E-state index >= 15 is 0 Å². The van der Waals surface area contributed by atoms with E-state index in [1.54, 1.807) is 6.07 Å². The lowest BCUT2D eigenvalue weighted by molar-refractivity contribution is 0.317. The lowest BCUT2D eigenvalue weighted by atomic mass is 10.3. The first-order valence-corrected chi connectivity index (χ1v) is 6.19. The van der Waals surface area contributed by atoms with Gasteiger partial charge in [0.15, 0.2) is 0 Å². The van der Waals surface area contributed by atoms with Crippen molar-refractivity contribution in [1.82, 2.24) is 9.97 Å². The van der Waals surface area contributed by atoms with Crippen molar-refractivity contribution in [3.63, 3.8) is 0 Å². The summed E-state index contributed by atoms with van der Waals surface area (Å²) >= 11 is 0. The van der Waals surface area contributed by atoms with Crippen molar-refractivity contribution in [2.24, 2.45) is 0 Å². The Morgan fingerprint density at radius 1 is 1.11 bits per heavy atom. The first kappa shape index (κ1) is 13.1. The third kappa shape index (κ3) is 3.84. The average Bonchev–Trinajstić information content (AvgIpc) is 2.37. The number of ether oxygens (including phenoxy) is 2. The maximum Gasteiger partial charge on any atom is 0.224 e. The lowest BCUT2D eigenvalue weighted by Crippen LogP contribution is -1.99. The Bertz CT molecular complexity index is 521. The van der Waals surface area contributed by atoms with Crippen molar-refractivity contribution in [1.29, 1.82) is 0 Å². The summed E-state index contributed by atoms with van der Waals surface area (Å²) in [5.74, 6) is 2.15. The van der Waals surface area contributed by atoms with Crippen LogP contribution in [0.2, 0.25) is 0 Å². The van der Waals surface area contributed by atoms with Gasteiger partial charge in [0.25, 0.3) is 0 Å². The van der Waals surface area contributed by atoms with E-state index in [2.05, 4.69) is 16.9 Å². The summed E-state index contributed by atoms with van der Waals surface area (Å²) in [6.07, 6.45) is 0.984. The fourth-order valence-electron chi connectivity index (χ4n) is 1.56. The van der Waals surface area contributed by atoms with Crippen LogP contribution in [0.3, 0.4) is 0 Å². The van der Waals surface area contributed by atoms with Gasteiger partial charge >= 0.3 is 0 Å². The van der Waals surface area contributed by atoms with Crippen LogP contribution >= 0.6 is 0 Å². The monoisotopic (exact) mass is 259 g/mol. The number of aryl methyl sites for hydroxylation is 1. The normalized spacial score (nSPS) is 10.2. The molecule has 0 saturated heterocycles. The van der Waals surface area contributed by atoms with Crippen LogP contribution < -0.4 is 15.2 Å². The van der Waals surface area contributed by atoms with Crippen LogP contribution in [0, 0.1) is 6.92 Å². The summed E-state index contributed by atoms with van der Waals surface area (Å²) in [6, 6.07) is 9.12. The van der Waals surface area contributed by atoms with Crippen LogP contribution in [0.25, 0.3) is 0 Å². The summed E-state index contributed by atoms with van der Waals surface area (Å²) in [5, 5.41) is 0. The van der Waals surface area contributed by atoms with E-state index in [0.717, 1.165) is 17.9 Å². The Morgan fingerprint density at radius 2 is 1.79 bits per heavy atom. The molecule has 0 aliphatic heterocycles. The molecule has 2 rings (SSSR count). The molecule has 0 radical (unpaired) electrons. The van der Waals surface area contributed by atoms with Crippen molar-refractivity contribution >= 4 is 5.95 Å². The number of hydrogen-bond acceptors (Lipinski definition) is 5. The predicted molar refractivity (Wildman–Crippen MR) is 73.5 cm³/mol. The molecule has 1 aromatic carbocycles. The average molecular weight is 259 g/mol. The number of rotatable bonds is 5. The van der Waals surface area contributed by atoms with E-state index < -0.39 is 0 Å². The van der Waals surface area contributed by atoms with Gasteiger partial charge in [0.1, 0.15) is 11.5 Å². The minimum absolute atomic E-state index is 0.206. The predicted octanol–water partition coefficient (Wildman–Crippen LogP) is 2.95. The van der Waals surface area contributed by atoms with E-state index in [1.165, 1.54) is 0 Å². The first-order chi connectivity index (χ1) is 9.17. The summed E-state index contributed by atoms with van der Waals surface area (Å²) in [5.41, 5.74) is 6.34. The molecule has 0 fully saturated rings. The van der Waals surface area contributed by atoms with E-state index in [1.807, 2.05) is 31.2 Å². The van der Waals surface area contributed by atoms with E-state index in [9.17, 15) is 0 Å². The number of nitrogen functional groups attached to an aromatic ring is 1. The van der Waals surface area contributed by atoms with Crippen molar-refractivity contribution in [2.45, 2.75) is 20.3 Å².